The van der Waals surface area contributed by atoms with Gasteiger partial charge in [0.15, 0.2) is 0 Å². The maximum atomic E-state index is 11.5. The molecule has 0 radical (unpaired) electrons. The Bertz CT molecular complexity index is 416. The molecule has 5 heteroatoms. The SMILES string of the molecule is CN(C)C(=O)CNC(=O)CCc1ccc(Cl)cc1. The Balaban J connectivity index is 2.29. The summed E-state index contributed by atoms with van der Waals surface area (Å²) in [5.41, 5.74) is 1.05. The van der Waals surface area contributed by atoms with E-state index in [1.807, 2.05) is 12.1 Å². The van der Waals surface area contributed by atoms with Crippen molar-refractivity contribution in [3.8, 4) is 0 Å². The molecule has 1 aromatic rings. The Morgan fingerprint density at radius 3 is 2.39 bits per heavy atom. The fourth-order valence-corrected chi connectivity index (χ4v) is 1.46. The van der Waals surface area contributed by atoms with E-state index in [1.54, 1.807) is 26.2 Å². The van der Waals surface area contributed by atoms with Crippen molar-refractivity contribution in [2.24, 2.45) is 0 Å². The third-order valence-electron chi connectivity index (χ3n) is 2.49. The van der Waals surface area contributed by atoms with E-state index in [0.717, 1.165) is 5.56 Å². The van der Waals surface area contributed by atoms with Crippen LogP contribution in [0.4, 0.5) is 0 Å². The van der Waals surface area contributed by atoms with Crippen LogP contribution in [0.2, 0.25) is 5.02 Å². The average molecular weight is 269 g/mol. The minimum Gasteiger partial charge on any atom is -0.347 e. The lowest BCUT2D eigenvalue weighted by Crippen LogP contribution is -2.36. The molecule has 0 saturated heterocycles. The number of rotatable bonds is 5. The van der Waals surface area contributed by atoms with Gasteiger partial charge in [-0.25, -0.2) is 0 Å². The van der Waals surface area contributed by atoms with Gasteiger partial charge in [0.1, 0.15) is 0 Å². The van der Waals surface area contributed by atoms with Gasteiger partial charge in [0.05, 0.1) is 6.54 Å². The van der Waals surface area contributed by atoms with Crippen LogP contribution in [0, 0.1) is 0 Å². The van der Waals surface area contributed by atoms with Crippen molar-refractivity contribution in [3.05, 3.63) is 34.9 Å². The van der Waals surface area contributed by atoms with Gasteiger partial charge in [-0.3, -0.25) is 9.59 Å². The molecule has 1 rings (SSSR count). The molecule has 0 aliphatic rings. The molecule has 4 nitrogen and oxygen atoms in total. The van der Waals surface area contributed by atoms with Crippen molar-refractivity contribution in [3.63, 3.8) is 0 Å². The molecule has 0 aliphatic carbocycles. The van der Waals surface area contributed by atoms with E-state index in [2.05, 4.69) is 5.32 Å². The first-order chi connectivity index (χ1) is 8.49. The lowest BCUT2D eigenvalue weighted by Gasteiger charge is -2.10. The summed E-state index contributed by atoms with van der Waals surface area (Å²) in [6, 6.07) is 7.37. The zero-order chi connectivity index (χ0) is 13.5. The zero-order valence-corrected chi connectivity index (χ0v) is 11.3. The normalized spacial score (nSPS) is 9.94. The summed E-state index contributed by atoms with van der Waals surface area (Å²) in [5.74, 6) is -0.241. The number of carbonyl (C=O) groups excluding carboxylic acids is 2. The topological polar surface area (TPSA) is 49.4 Å². The fraction of sp³-hybridized carbons (Fsp3) is 0.385. The molecular weight excluding hydrogens is 252 g/mol. The predicted octanol–water partition coefficient (Wildman–Crippen LogP) is 1.48. The summed E-state index contributed by atoms with van der Waals surface area (Å²) in [6.07, 6.45) is 1.00. The summed E-state index contributed by atoms with van der Waals surface area (Å²) in [7, 11) is 3.31. The molecule has 0 unspecified atom stereocenters. The molecule has 0 aliphatic heterocycles. The minimum absolute atomic E-state index is 0.0481. The summed E-state index contributed by atoms with van der Waals surface area (Å²) in [4.78, 5) is 24.2. The quantitative estimate of drug-likeness (QED) is 0.879. The summed E-state index contributed by atoms with van der Waals surface area (Å²) in [6.45, 7) is 0.0481. The first-order valence-corrected chi connectivity index (χ1v) is 6.08. The number of amides is 2. The van der Waals surface area contributed by atoms with E-state index in [0.29, 0.717) is 17.9 Å². The molecule has 98 valence electrons. The van der Waals surface area contributed by atoms with Gasteiger partial charge < -0.3 is 10.2 Å². The zero-order valence-electron chi connectivity index (χ0n) is 10.6. The van der Waals surface area contributed by atoms with Crippen LogP contribution in [0.1, 0.15) is 12.0 Å². The highest BCUT2D eigenvalue weighted by molar-refractivity contribution is 6.30. The van der Waals surface area contributed by atoms with Gasteiger partial charge in [-0.2, -0.15) is 0 Å². The molecule has 0 saturated carbocycles. The molecule has 0 atom stereocenters. The van der Waals surface area contributed by atoms with Crippen molar-refractivity contribution in [2.45, 2.75) is 12.8 Å². The van der Waals surface area contributed by atoms with Crippen LogP contribution in [0.3, 0.4) is 0 Å². The van der Waals surface area contributed by atoms with Crippen LogP contribution in [0.15, 0.2) is 24.3 Å². The number of aryl methyl sites for hydroxylation is 1. The standard InChI is InChI=1S/C13H17ClN2O2/c1-16(2)13(18)9-15-12(17)8-5-10-3-6-11(14)7-4-10/h3-4,6-7H,5,8-9H2,1-2H3,(H,15,17). The van der Waals surface area contributed by atoms with Gasteiger partial charge in [0.25, 0.3) is 0 Å². The molecule has 0 spiro atoms. The number of halogens is 1. The molecule has 1 N–H and O–H groups in total. The Hall–Kier alpha value is -1.55. The second kappa shape index (κ2) is 7.01. The molecule has 0 bridgehead atoms. The van der Waals surface area contributed by atoms with Gasteiger partial charge in [0.2, 0.25) is 11.8 Å². The molecule has 2 amide bonds. The van der Waals surface area contributed by atoms with Gasteiger partial charge >= 0.3 is 0 Å². The number of likely N-dealkylation sites (N-methyl/N-ethyl adjacent to an activating group) is 1. The van der Waals surface area contributed by atoms with E-state index < -0.39 is 0 Å². The third kappa shape index (κ3) is 5.19. The van der Waals surface area contributed by atoms with Crippen LogP contribution in [0.25, 0.3) is 0 Å². The van der Waals surface area contributed by atoms with Crippen molar-refractivity contribution < 1.29 is 9.59 Å². The smallest absolute Gasteiger partial charge is 0.241 e. The Kier molecular flexibility index (Phi) is 5.65. The Morgan fingerprint density at radius 1 is 1.22 bits per heavy atom. The second-order valence-electron chi connectivity index (χ2n) is 4.19. The van der Waals surface area contributed by atoms with Crippen molar-refractivity contribution >= 4 is 23.4 Å². The third-order valence-corrected chi connectivity index (χ3v) is 2.74. The average Bonchev–Trinajstić information content (AvgIpc) is 2.35. The van der Waals surface area contributed by atoms with E-state index >= 15 is 0 Å². The molecule has 0 heterocycles. The van der Waals surface area contributed by atoms with Gasteiger partial charge in [0, 0.05) is 25.5 Å². The van der Waals surface area contributed by atoms with Crippen LogP contribution in [-0.4, -0.2) is 37.4 Å². The first-order valence-electron chi connectivity index (χ1n) is 5.70. The maximum Gasteiger partial charge on any atom is 0.241 e. The first kappa shape index (κ1) is 14.5. The van der Waals surface area contributed by atoms with E-state index in [9.17, 15) is 9.59 Å². The van der Waals surface area contributed by atoms with Crippen molar-refractivity contribution in [1.82, 2.24) is 10.2 Å². The van der Waals surface area contributed by atoms with Gasteiger partial charge in [-0.05, 0) is 24.1 Å². The van der Waals surface area contributed by atoms with Gasteiger partial charge in [-0.15, -0.1) is 0 Å². The number of nitrogens with zero attached hydrogens (tertiary/aromatic N) is 1. The monoisotopic (exact) mass is 268 g/mol. The maximum absolute atomic E-state index is 11.5. The van der Waals surface area contributed by atoms with Crippen LogP contribution < -0.4 is 5.32 Å². The van der Waals surface area contributed by atoms with Crippen molar-refractivity contribution in [2.75, 3.05) is 20.6 Å². The highest BCUT2D eigenvalue weighted by Gasteiger charge is 2.07. The van der Waals surface area contributed by atoms with E-state index in [-0.39, 0.29) is 18.4 Å². The summed E-state index contributed by atoms with van der Waals surface area (Å²) >= 11 is 5.77. The second-order valence-corrected chi connectivity index (χ2v) is 4.63. The summed E-state index contributed by atoms with van der Waals surface area (Å²) in [5, 5.41) is 3.27. The molecular formula is C13H17ClN2O2. The predicted molar refractivity (Wildman–Crippen MR) is 71.5 cm³/mol. The molecule has 0 aromatic heterocycles. The highest BCUT2D eigenvalue weighted by Crippen LogP contribution is 2.10. The highest BCUT2D eigenvalue weighted by atomic mass is 35.5. The number of carbonyl (C=O) groups is 2. The Labute approximate surface area is 112 Å². The van der Waals surface area contributed by atoms with E-state index in [4.69, 9.17) is 11.6 Å². The largest absolute Gasteiger partial charge is 0.347 e. The molecule has 0 fully saturated rings. The number of benzene rings is 1. The van der Waals surface area contributed by atoms with Crippen LogP contribution in [0.5, 0.6) is 0 Å². The number of nitrogens with one attached hydrogen (secondary N) is 1. The molecule has 18 heavy (non-hydrogen) atoms. The minimum atomic E-state index is -0.125. The lowest BCUT2D eigenvalue weighted by atomic mass is 10.1. The van der Waals surface area contributed by atoms with Crippen molar-refractivity contribution in [1.29, 1.82) is 0 Å². The van der Waals surface area contributed by atoms with E-state index in [1.165, 1.54) is 4.90 Å². The summed E-state index contributed by atoms with van der Waals surface area (Å²) < 4.78 is 0. The molecule has 1 aromatic carbocycles. The fourth-order valence-electron chi connectivity index (χ4n) is 1.33. The number of hydrogen-bond donors (Lipinski definition) is 1. The lowest BCUT2D eigenvalue weighted by molar-refractivity contribution is -0.130. The van der Waals surface area contributed by atoms with Crippen LogP contribution >= 0.6 is 11.6 Å². The van der Waals surface area contributed by atoms with Gasteiger partial charge in [-0.1, -0.05) is 23.7 Å². The Morgan fingerprint density at radius 2 is 1.83 bits per heavy atom. The van der Waals surface area contributed by atoms with Crippen LogP contribution in [-0.2, 0) is 16.0 Å². The number of hydrogen-bond acceptors (Lipinski definition) is 2.